The average molecular weight is 319 g/mol. The number of hydrogen-bond donors (Lipinski definition) is 1. The van der Waals surface area contributed by atoms with Crippen molar-refractivity contribution in [3.63, 3.8) is 0 Å². The second-order valence-corrected chi connectivity index (χ2v) is 5.96. The Morgan fingerprint density at radius 2 is 2.27 bits per heavy atom. The Morgan fingerprint density at radius 1 is 1.60 bits per heavy atom. The van der Waals surface area contributed by atoms with Gasteiger partial charge in [-0.05, 0) is 48.9 Å². The third-order valence-corrected chi connectivity index (χ3v) is 2.41. The van der Waals surface area contributed by atoms with Gasteiger partial charge in [0.25, 0.3) is 0 Å². The second kappa shape index (κ2) is 5.12. The maximum atomic E-state index is 4.22. The van der Waals surface area contributed by atoms with Crippen LogP contribution in [0.2, 0.25) is 0 Å². The summed E-state index contributed by atoms with van der Waals surface area (Å²) in [6.07, 6.45) is 3.87. The molecular weight excluding hydrogens is 301 g/mol. The van der Waals surface area contributed by atoms with E-state index < -0.39 is 0 Å². The van der Waals surface area contributed by atoms with Gasteiger partial charge in [0.2, 0.25) is 0 Å². The highest BCUT2D eigenvalue weighted by molar-refractivity contribution is 14.1. The van der Waals surface area contributed by atoms with Gasteiger partial charge >= 0.3 is 0 Å². The molecule has 0 amide bonds. The molecule has 0 radical (unpaired) electrons. The van der Waals surface area contributed by atoms with Crippen molar-refractivity contribution in [2.75, 3.05) is 6.54 Å². The largest absolute Gasteiger partial charge is 0.308 e. The highest BCUT2D eigenvalue weighted by Crippen LogP contribution is 2.04. The Hall–Kier alpha value is -0.360. The van der Waals surface area contributed by atoms with E-state index in [9.17, 15) is 0 Å². The van der Waals surface area contributed by atoms with Crippen molar-refractivity contribution < 1.29 is 0 Å². The van der Waals surface area contributed by atoms with E-state index in [0.717, 1.165) is 22.2 Å². The minimum absolute atomic E-state index is 0.140. The van der Waals surface area contributed by atoms with E-state index in [1.807, 2.05) is 17.1 Å². The standard InChI is InChI=1S/C11H18IN3/c1-9(5-13-11(2,3)4)7-15-8-10(12)6-14-15/h6,8,13H,1,5,7H2,2-4H3. The van der Waals surface area contributed by atoms with Crippen LogP contribution < -0.4 is 5.32 Å². The first kappa shape index (κ1) is 12.7. The van der Waals surface area contributed by atoms with Crippen LogP contribution in [0.3, 0.4) is 0 Å². The fraction of sp³-hybridized carbons (Fsp3) is 0.545. The Labute approximate surface area is 105 Å². The van der Waals surface area contributed by atoms with E-state index in [4.69, 9.17) is 0 Å². The average Bonchev–Trinajstić information content (AvgIpc) is 2.47. The molecule has 0 saturated carbocycles. The molecule has 0 bridgehead atoms. The maximum Gasteiger partial charge on any atom is 0.0629 e. The summed E-state index contributed by atoms with van der Waals surface area (Å²) in [5.74, 6) is 0. The molecule has 1 N–H and O–H groups in total. The minimum Gasteiger partial charge on any atom is -0.308 e. The summed E-state index contributed by atoms with van der Waals surface area (Å²) in [6.45, 7) is 12.1. The Morgan fingerprint density at radius 3 is 2.73 bits per heavy atom. The number of nitrogens with one attached hydrogen (secondary N) is 1. The van der Waals surface area contributed by atoms with Gasteiger partial charge in [0, 0.05) is 18.3 Å². The monoisotopic (exact) mass is 319 g/mol. The molecule has 0 aliphatic rings. The van der Waals surface area contributed by atoms with Crippen molar-refractivity contribution in [1.29, 1.82) is 0 Å². The van der Waals surface area contributed by atoms with Crippen LogP contribution in [-0.4, -0.2) is 21.9 Å². The van der Waals surface area contributed by atoms with Gasteiger partial charge < -0.3 is 5.32 Å². The first-order chi connectivity index (χ1) is 6.87. The molecule has 0 spiro atoms. The fourth-order valence-corrected chi connectivity index (χ4v) is 1.55. The fourth-order valence-electron chi connectivity index (χ4n) is 1.10. The first-order valence-electron chi connectivity index (χ1n) is 4.96. The van der Waals surface area contributed by atoms with Crippen molar-refractivity contribution in [1.82, 2.24) is 15.1 Å². The minimum atomic E-state index is 0.140. The summed E-state index contributed by atoms with van der Waals surface area (Å²) in [5, 5.41) is 7.63. The zero-order valence-electron chi connectivity index (χ0n) is 9.55. The van der Waals surface area contributed by atoms with E-state index in [2.05, 4.69) is 60.4 Å². The molecule has 1 rings (SSSR count). The molecule has 0 aromatic carbocycles. The predicted molar refractivity (Wildman–Crippen MR) is 71.8 cm³/mol. The highest BCUT2D eigenvalue weighted by Gasteiger charge is 2.08. The molecular formula is C11H18IN3. The summed E-state index contributed by atoms with van der Waals surface area (Å²) in [4.78, 5) is 0. The van der Waals surface area contributed by atoms with Crippen LogP contribution in [0.5, 0.6) is 0 Å². The van der Waals surface area contributed by atoms with Gasteiger partial charge in [-0.2, -0.15) is 5.10 Å². The third kappa shape index (κ3) is 5.32. The molecule has 1 aromatic rings. The van der Waals surface area contributed by atoms with E-state index in [0.29, 0.717) is 0 Å². The predicted octanol–water partition coefficient (Wildman–Crippen LogP) is 2.43. The van der Waals surface area contributed by atoms with Crippen molar-refractivity contribution >= 4 is 22.6 Å². The van der Waals surface area contributed by atoms with Crippen molar-refractivity contribution in [3.05, 3.63) is 28.1 Å². The van der Waals surface area contributed by atoms with Gasteiger partial charge in [-0.15, -0.1) is 0 Å². The smallest absolute Gasteiger partial charge is 0.0629 e. The quantitative estimate of drug-likeness (QED) is 0.682. The normalized spacial score (nSPS) is 11.7. The molecule has 1 heterocycles. The van der Waals surface area contributed by atoms with Gasteiger partial charge in [-0.25, -0.2) is 0 Å². The third-order valence-electron chi connectivity index (χ3n) is 1.86. The lowest BCUT2D eigenvalue weighted by molar-refractivity contribution is 0.438. The van der Waals surface area contributed by atoms with E-state index >= 15 is 0 Å². The second-order valence-electron chi connectivity index (χ2n) is 4.71. The molecule has 0 atom stereocenters. The highest BCUT2D eigenvalue weighted by atomic mass is 127. The number of halogens is 1. The van der Waals surface area contributed by atoms with Crippen molar-refractivity contribution in [2.45, 2.75) is 32.9 Å². The van der Waals surface area contributed by atoms with E-state index in [-0.39, 0.29) is 5.54 Å². The first-order valence-corrected chi connectivity index (χ1v) is 6.04. The van der Waals surface area contributed by atoms with Gasteiger partial charge in [0.05, 0.1) is 16.3 Å². The van der Waals surface area contributed by atoms with Crippen LogP contribution in [-0.2, 0) is 6.54 Å². The molecule has 0 fully saturated rings. The summed E-state index contributed by atoms with van der Waals surface area (Å²) < 4.78 is 3.07. The maximum absolute atomic E-state index is 4.22. The number of nitrogens with zero attached hydrogens (tertiary/aromatic N) is 2. The molecule has 0 unspecified atom stereocenters. The zero-order chi connectivity index (χ0) is 11.5. The van der Waals surface area contributed by atoms with Crippen molar-refractivity contribution in [2.24, 2.45) is 0 Å². The number of rotatable bonds is 4. The molecule has 3 nitrogen and oxygen atoms in total. The Kier molecular flexibility index (Phi) is 4.33. The molecule has 0 aliphatic carbocycles. The SMILES string of the molecule is C=C(CNC(C)(C)C)Cn1cc(I)cn1. The van der Waals surface area contributed by atoms with E-state index in [1.54, 1.807) is 0 Å². The molecule has 84 valence electrons. The van der Waals surface area contributed by atoms with Gasteiger partial charge in [0.15, 0.2) is 0 Å². The van der Waals surface area contributed by atoms with Gasteiger partial charge in [-0.1, -0.05) is 6.58 Å². The summed E-state index contributed by atoms with van der Waals surface area (Å²) >= 11 is 2.25. The van der Waals surface area contributed by atoms with Gasteiger partial charge in [-0.3, -0.25) is 4.68 Å². The van der Waals surface area contributed by atoms with Crippen LogP contribution in [0.15, 0.2) is 24.5 Å². The lowest BCUT2D eigenvalue weighted by atomic mass is 10.1. The summed E-state index contributed by atoms with van der Waals surface area (Å²) in [6, 6.07) is 0. The van der Waals surface area contributed by atoms with Gasteiger partial charge in [0.1, 0.15) is 0 Å². The topological polar surface area (TPSA) is 29.9 Å². The van der Waals surface area contributed by atoms with Crippen molar-refractivity contribution in [3.8, 4) is 0 Å². The molecule has 4 heteroatoms. The van der Waals surface area contributed by atoms with Crippen LogP contribution >= 0.6 is 22.6 Å². The number of hydrogen-bond acceptors (Lipinski definition) is 2. The lowest BCUT2D eigenvalue weighted by Crippen LogP contribution is -2.37. The Bertz CT molecular complexity index is 336. The zero-order valence-corrected chi connectivity index (χ0v) is 11.7. The molecule has 0 aliphatic heterocycles. The Balaban J connectivity index is 2.37. The van der Waals surface area contributed by atoms with Crippen LogP contribution in [0.1, 0.15) is 20.8 Å². The van der Waals surface area contributed by atoms with Crippen LogP contribution in [0, 0.1) is 3.57 Å². The lowest BCUT2D eigenvalue weighted by Gasteiger charge is -2.21. The number of aromatic nitrogens is 2. The van der Waals surface area contributed by atoms with Crippen LogP contribution in [0.25, 0.3) is 0 Å². The molecule has 15 heavy (non-hydrogen) atoms. The van der Waals surface area contributed by atoms with Crippen LogP contribution in [0.4, 0.5) is 0 Å². The molecule has 1 aromatic heterocycles. The van der Waals surface area contributed by atoms with E-state index in [1.165, 1.54) is 0 Å². The molecule has 0 saturated heterocycles. The summed E-state index contributed by atoms with van der Waals surface area (Å²) in [5.41, 5.74) is 1.28. The summed E-state index contributed by atoms with van der Waals surface area (Å²) in [7, 11) is 0.